The zero-order chi connectivity index (χ0) is 15.6. The molecular weight excluding hydrogens is 296 g/mol. The molecule has 21 heavy (non-hydrogen) atoms. The third-order valence-corrected chi connectivity index (χ3v) is 3.70. The van der Waals surface area contributed by atoms with Crippen LogP contribution < -0.4 is 0 Å². The fourth-order valence-corrected chi connectivity index (χ4v) is 2.46. The van der Waals surface area contributed by atoms with E-state index in [0.717, 1.165) is 0 Å². The molecule has 1 aromatic carbocycles. The van der Waals surface area contributed by atoms with Crippen molar-refractivity contribution < 1.29 is 19.5 Å². The fourth-order valence-electron chi connectivity index (χ4n) is 2.33. The monoisotopic (exact) mass is 310 g/mol. The minimum atomic E-state index is -1.11. The van der Waals surface area contributed by atoms with E-state index in [2.05, 4.69) is 0 Å². The third-order valence-electron chi connectivity index (χ3n) is 3.45. The predicted molar refractivity (Wildman–Crippen MR) is 76.2 cm³/mol. The van der Waals surface area contributed by atoms with E-state index < -0.39 is 12.0 Å². The number of aliphatic carboxylic acids is 1. The van der Waals surface area contributed by atoms with Crippen LogP contribution in [0.1, 0.15) is 17.3 Å². The summed E-state index contributed by atoms with van der Waals surface area (Å²) >= 11 is 5.77. The SMILES string of the molecule is CC(=O)N1CCN(C(=O)c2ccc(Cl)cc2)C[C@H]1C(=O)O. The second-order valence-electron chi connectivity index (χ2n) is 4.82. The van der Waals surface area contributed by atoms with E-state index in [1.807, 2.05) is 0 Å². The normalized spacial score (nSPS) is 18.5. The number of hydrogen-bond acceptors (Lipinski definition) is 3. The lowest BCUT2D eigenvalue weighted by Gasteiger charge is -2.38. The highest BCUT2D eigenvalue weighted by molar-refractivity contribution is 6.30. The van der Waals surface area contributed by atoms with E-state index in [0.29, 0.717) is 17.1 Å². The Morgan fingerprint density at radius 3 is 2.33 bits per heavy atom. The van der Waals surface area contributed by atoms with E-state index in [-0.39, 0.29) is 24.9 Å². The quantitative estimate of drug-likeness (QED) is 0.887. The lowest BCUT2D eigenvalue weighted by molar-refractivity contribution is -0.152. The summed E-state index contributed by atoms with van der Waals surface area (Å²) in [5, 5.41) is 9.74. The van der Waals surface area contributed by atoms with Crippen LogP contribution in [0.5, 0.6) is 0 Å². The minimum absolute atomic E-state index is 0.0175. The van der Waals surface area contributed by atoms with Gasteiger partial charge in [0.15, 0.2) is 0 Å². The second kappa shape index (κ2) is 6.13. The molecule has 0 radical (unpaired) electrons. The summed E-state index contributed by atoms with van der Waals surface area (Å²) in [6.45, 7) is 1.83. The van der Waals surface area contributed by atoms with Gasteiger partial charge in [0.05, 0.1) is 6.54 Å². The van der Waals surface area contributed by atoms with E-state index >= 15 is 0 Å². The van der Waals surface area contributed by atoms with Gasteiger partial charge in [-0.05, 0) is 24.3 Å². The molecule has 112 valence electrons. The Morgan fingerprint density at radius 2 is 1.81 bits per heavy atom. The Labute approximate surface area is 126 Å². The topological polar surface area (TPSA) is 77.9 Å². The Kier molecular flexibility index (Phi) is 4.47. The van der Waals surface area contributed by atoms with Gasteiger partial charge < -0.3 is 14.9 Å². The second-order valence-corrected chi connectivity index (χ2v) is 5.26. The van der Waals surface area contributed by atoms with Crippen LogP contribution in [0.25, 0.3) is 0 Å². The maximum Gasteiger partial charge on any atom is 0.328 e. The number of nitrogens with zero attached hydrogens (tertiary/aromatic N) is 2. The van der Waals surface area contributed by atoms with Crippen LogP contribution >= 0.6 is 11.6 Å². The molecule has 0 unspecified atom stereocenters. The smallest absolute Gasteiger partial charge is 0.328 e. The maximum absolute atomic E-state index is 12.3. The van der Waals surface area contributed by atoms with Gasteiger partial charge >= 0.3 is 5.97 Å². The Morgan fingerprint density at radius 1 is 1.19 bits per heavy atom. The summed E-state index contributed by atoms with van der Waals surface area (Å²) < 4.78 is 0. The van der Waals surface area contributed by atoms with Gasteiger partial charge in [-0.3, -0.25) is 9.59 Å². The van der Waals surface area contributed by atoms with Crippen molar-refractivity contribution in [3.05, 3.63) is 34.9 Å². The molecule has 0 bridgehead atoms. The number of carboxylic acid groups (broad SMARTS) is 1. The summed E-state index contributed by atoms with van der Waals surface area (Å²) in [6, 6.07) is 5.40. The van der Waals surface area contributed by atoms with Crippen LogP contribution in [0.4, 0.5) is 0 Å². The van der Waals surface area contributed by atoms with Crippen LogP contribution in [0.3, 0.4) is 0 Å². The molecule has 1 saturated heterocycles. The van der Waals surface area contributed by atoms with E-state index in [1.54, 1.807) is 24.3 Å². The molecule has 1 fully saturated rings. The molecule has 7 heteroatoms. The summed E-state index contributed by atoms with van der Waals surface area (Å²) in [4.78, 5) is 37.8. The lowest BCUT2D eigenvalue weighted by Crippen LogP contribution is -2.58. The van der Waals surface area contributed by atoms with Crippen molar-refractivity contribution in [1.82, 2.24) is 9.80 Å². The summed E-state index contributed by atoms with van der Waals surface area (Å²) in [5.41, 5.74) is 0.444. The highest BCUT2D eigenvalue weighted by Crippen LogP contribution is 2.16. The molecule has 2 rings (SSSR count). The number of amides is 2. The first-order valence-electron chi connectivity index (χ1n) is 6.45. The third kappa shape index (κ3) is 3.33. The first kappa shape index (κ1) is 15.3. The summed E-state index contributed by atoms with van der Waals surface area (Å²) in [7, 11) is 0. The largest absolute Gasteiger partial charge is 0.480 e. The van der Waals surface area contributed by atoms with E-state index in [4.69, 9.17) is 11.6 Å². The molecule has 1 aromatic rings. The van der Waals surface area contributed by atoms with Gasteiger partial charge in [0.1, 0.15) is 6.04 Å². The highest BCUT2D eigenvalue weighted by Gasteiger charge is 2.35. The Balaban J connectivity index is 2.15. The highest BCUT2D eigenvalue weighted by atomic mass is 35.5. The minimum Gasteiger partial charge on any atom is -0.480 e. The van der Waals surface area contributed by atoms with Crippen LogP contribution in [0, 0.1) is 0 Å². The number of carboxylic acids is 1. The molecule has 1 atom stereocenters. The molecule has 0 aromatic heterocycles. The van der Waals surface area contributed by atoms with Gasteiger partial charge in [-0.15, -0.1) is 0 Å². The van der Waals surface area contributed by atoms with Crippen molar-refractivity contribution in [2.45, 2.75) is 13.0 Å². The van der Waals surface area contributed by atoms with Gasteiger partial charge in [-0.2, -0.15) is 0 Å². The first-order valence-corrected chi connectivity index (χ1v) is 6.83. The van der Waals surface area contributed by atoms with Crippen molar-refractivity contribution in [2.75, 3.05) is 19.6 Å². The van der Waals surface area contributed by atoms with Crippen LogP contribution in [-0.2, 0) is 9.59 Å². The van der Waals surface area contributed by atoms with E-state index in [1.165, 1.54) is 16.7 Å². The standard InChI is InChI=1S/C14H15ClN2O4/c1-9(18)17-7-6-16(8-12(17)14(20)21)13(19)10-2-4-11(15)5-3-10/h2-5,12H,6-8H2,1H3,(H,20,21)/t12-/m0/s1. The first-order chi connectivity index (χ1) is 9.90. The molecule has 0 aliphatic carbocycles. The summed E-state index contributed by atoms with van der Waals surface area (Å²) in [5.74, 6) is -1.68. The molecule has 1 N–H and O–H groups in total. The summed E-state index contributed by atoms with van der Waals surface area (Å²) in [6.07, 6.45) is 0. The molecule has 0 spiro atoms. The Bertz CT molecular complexity index is 573. The van der Waals surface area contributed by atoms with Crippen LogP contribution in [-0.4, -0.2) is 58.4 Å². The maximum atomic E-state index is 12.3. The lowest BCUT2D eigenvalue weighted by atomic mass is 10.1. The average Bonchev–Trinajstić information content (AvgIpc) is 2.46. The van der Waals surface area contributed by atoms with Gasteiger partial charge in [-0.25, -0.2) is 4.79 Å². The number of rotatable bonds is 2. The van der Waals surface area contributed by atoms with Crippen molar-refractivity contribution in [1.29, 1.82) is 0 Å². The average molecular weight is 311 g/mol. The number of carbonyl (C=O) groups is 3. The van der Waals surface area contributed by atoms with Gasteiger partial charge in [0.25, 0.3) is 5.91 Å². The van der Waals surface area contributed by atoms with Crippen LogP contribution in [0.2, 0.25) is 5.02 Å². The molecule has 2 amide bonds. The van der Waals surface area contributed by atoms with Gasteiger partial charge in [-0.1, -0.05) is 11.6 Å². The number of carbonyl (C=O) groups excluding carboxylic acids is 2. The molecule has 1 aliphatic rings. The Hall–Kier alpha value is -2.08. The molecule has 6 nitrogen and oxygen atoms in total. The number of piperazine rings is 1. The van der Waals surface area contributed by atoms with Gasteiger partial charge in [0, 0.05) is 30.6 Å². The molecule has 1 heterocycles. The van der Waals surface area contributed by atoms with Crippen molar-refractivity contribution in [3.8, 4) is 0 Å². The number of benzene rings is 1. The molecule has 1 aliphatic heterocycles. The van der Waals surface area contributed by atoms with Gasteiger partial charge in [0.2, 0.25) is 5.91 Å². The fraction of sp³-hybridized carbons (Fsp3) is 0.357. The molecule has 0 saturated carbocycles. The zero-order valence-electron chi connectivity index (χ0n) is 11.5. The number of halogens is 1. The zero-order valence-corrected chi connectivity index (χ0v) is 12.2. The predicted octanol–water partition coefficient (Wildman–Crippen LogP) is 1.10. The molecular formula is C14H15ClN2O4. The van der Waals surface area contributed by atoms with Crippen molar-refractivity contribution in [2.24, 2.45) is 0 Å². The van der Waals surface area contributed by atoms with Crippen molar-refractivity contribution in [3.63, 3.8) is 0 Å². The number of hydrogen-bond donors (Lipinski definition) is 1. The van der Waals surface area contributed by atoms with Crippen molar-refractivity contribution >= 4 is 29.4 Å². The van der Waals surface area contributed by atoms with E-state index in [9.17, 15) is 19.5 Å². The van der Waals surface area contributed by atoms with Crippen LogP contribution in [0.15, 0.2) is 24.3 Å².